The van der Waals surface area contributed by atoms with Gasteiger partial charge in [-0.3, -0.25) is 4.79 Å². The molecule has 2 aromatic carbocycles. The number of nitrogens with two attached hydrogens (primary N) is 1. The van der Waals surface area contributed by atoms with Crippen LogP contribution in [0.1, 0.15) is 21.5 Å². The van der Waals surface area contributed by atoms with E-state index >= 15 is 0 Å². The Labute approximate surface area is 111 Å². The Balaban J connectivity index is 2.18. The van der Waals surface area contributed by atoms with Crippen molar-refractivity contribution in [2.24, 2.45) is 5.73 Å². The number of nitrogens with one attached hydrogen (secondary N) is 1. The molecular weight excluding hydrogens is 240 g/mol. The van der Waals surface area contributed by atoms with Crippen LogP contribution in [0, 0.1) is 6.92 Å². The molecule has 0 spiro atoms. The molecule has 4 N–H and O–H groups in total. The van der Waals surface area contributed by atoms with Gasteiger partial charge in [0.15, 0.2) is 0 Å². The van der Waals surface area contributed by atoms with Crippen molar-refractivity contribution in [1.29, 1.82) is 0 Å². The number of phenols is 1. The lowest BCUT2D eigenvalue weighted by molar-refractivity contribution is 0.102. The summed E-state index contributed by atoms with van der Waals surface area (Å²) in [4.78, 5) is 12.1. The Kier molecular flexibility index (Phi) is 3.82. The van der Waals surface area contributed by atoms with Crippen molar-refractivity contribution in [3.05, 3.63) is 59.2 Å². The van der Waals surface area contributed by atoms with Crippen LogP contribution in [-0.2, 0) is 6.54 Å². The van der Waals surface area contributed by atoms with E-state index < -0.39 is 0 Å². The number of amides is 1. The number of aromatic hydroxyl groups is 1. The minimum atomic E-state index is -0.211. The van der Waals surface area contributed by atoms with Crippen LogP contribution in [0.4, 0.5) is 5.69 Å². The molecule has 0 heterocycles. The maximum absolute atomic E-state index is 12.1. The highest BCUT2D eigenvalue weighted by atomic mass is 16.3. The molecule has 98 valence electrons. The molecule has 0 aromatic heterocycles. The molecule has 0 aliphatic rings. The van der Waals surface area contributed by atoms with Gasteiger partial charge in [0.2, 0.25) is 0 Å². The third-order valence-corrected chi connectivity index (χ3v) is 2.88. The lowest BCUT2D eigenvalue weighted by Gasteiger charge is -2.08. The number of carbonyl (C=O) groups excluding carboxylic acids is 1. The number of aryl methyl sites for hydroxylation is 1. The summed E-state index contributed by atoms with van der Waals surface area (Å²) in [6.07, 6.45) is 0. The Morgan fingerprint density at radius 1 is 1.26 bits per heavy atom. The molecule has 1 amide bonds. The number of hydrogen-bond acceptors (Lipinski definition) is 3. The molecular formula is C15H16N2O2. The maximum Gasteiger partial charge on any atom is 0.255 e. The Morgan fingerprint density at radius 3 is 2.74 bits per heavy atom. The van der Waals surface area contributed by atoms with Crippen molar-refractivity contribution in [3.8, 4) is 5.75 Å². The standard InChI is InChI=1S/C15H16N2O2/c1-10-7-12(5-6-14(10)18)15(19)17-13-4-2-3-11(8-13)9-16/h2-8,18H,9,16H2,1H3,(H,17,19). The van der Waals surface area contributed by atoms with Gasteiger partial charge in [-0.15, -0.1) is 0 Å². The van der Waals surface area contributed by atoms with Crippen LogP contribution in [0.2, 0.25) is 0 Å². The Bertz CT molecular complexity index is 609. The number of carbonyl (C=O) groups is 1. The van der Waals surface area contributed by atoms with Crippen molar-refractivity contribution in [2.75, 3.05) is 5.32 Å². The van der Waals surface area contributed by atoms with Crippen LogP contribution in [0.25, 0.3) is 0 Å². The zero-order valence-corrected chi connectivity index (χ0v) is 10.7. The van der Waals surface area contributed by atoms with Gasteiger partial charge in [0.05, 0.1) is 0 Å². The number of rotatable bonds is 3. The van der Waals surface area contributed by atoms with Crippen LogP contribution >= 0.6 is 0 Å². The highest BCUT2D eigenvalue weighted by Crippen LogP contribution is 2.18. The molecule has 2 rings (SSSR count). The van der Waals surface area contributed by atoms with Gasteiger partial charge in [-0.05, 0) is 48.4 Å². The predicted molar refractivity (Wildman–Crippen MR) is 75.1 cm³/mol. The van der Waals surface area contributed by atoms with Crippen molar-refractivity contribution in [2.45, 2.75) is 13.5 Å². The molecule has 0 fully saturated rings. The average Bonchev–Trinajstić information content (AvgIpc) is 2.42. The summed E-state index contributed by atoms with van der Waals surface area (Å²) >= 11 is 0. The van der Waals surface area contributed by atoms with Crippen molar-refractivity contribution < 1.29 is 9.90 Å². The van der Waals surface area contributed by atoms with Gasteiger partial charge in [0.1, 0.15) is 5.75 Å². The van der Waals surface area contributed by atoms with Gasteiger partial charge >= 0.3 is 0 Å². The van der Waals surface area contributed by atoms with E-state index in [0.717, 1.165) is 5.56 Å². The van der Waals surface area contributed by atoms with Crippen LogP contribution in [-0.4, -0.2) is 11.0 Å². The lowest BCUT2D eigenvalue weighted by atomic mass is 10.1. The molecule has 19 heavy (non-hydrogen) atoms. The maximum atomic E-state index is 12.1. The van der Waals surface area contributed by atoms with E-state index in [-0.39, 0.29) is 11.7 Å². The van der Waals surface area contributed by atoms with E-state index in [4.69, 9.17) is 5.73 Å². The van der Waals surface area contributed by atoms with E-state index in [1.165, 1.54) is 6.07 Å². The van der Waals surface area contributed by atoms with Gasteiger partial charge in [-0.2, -0.15) is 0 Å². The second-order valence-electron chi connectivity index (χ2n) is 4.36. The number of benzene rings is 2. The summed E-state index contributed by atoms with van der Waals surface area (Å²) in [6.45, 7) is 2.18. The molecule has 0 bridgehead atoms. The Hall–Kier alpha value is -2.33. The molecule has 0 atom stereocenters. The second kappa shape index (κ2) is 5.54. The van der Waals surface area contributed by atoms with Crippen LogP contribution in [0.5, 0.6) is 5.75 Å². The van der Waals surface area contributed by atoms with Crippen molar-refractivity contribution in [1.82, 2.24) is 0 Å². The largest absolute Gasteiger partial charge is 0.508 e. The van der Waals surface area contributed by atoms with Gasteiger partial charge in [0, 0.05) is 17.8 Å². The molecule has 0 radical (unpaired) electrons. The fourth-order valence-corrected chi connectivity index (χ4v) is 1.78. The number of hydrogen-bond donors (Lipinski definition) is 3. The lowest BCUT2D eigenvalue weighted by Crippen LogP contribution is -2.12. The zero-order valence-electron chi connectivity index (χ0n) is 10.7. The van der Waals surface area contributed by atoms with E-state index in [1.54, 1.807) is 19.1 Å². The van der Waals surface area contributed by atoms with E-state index in [9.17, 15) is 9.90 Å². The van der Waals surface area contributed by atoms with Gasteiger partial charge in [-0.25, -0.2) is 0 Å². The second-order valence-corrected chi connectivity index (χ2v) is 4.36. The molecule has 0 aliphatic carbocycles. The van der Waals surface area contributed by atoms with Crippen LogP contribution in [0.15, 0.2) is 42.5 Å². The summed E-state index contributed by atoms with van der Waals surface area (Å²) in [5.74, 6) is -0.0287. The SMILES string of the molecule is Cc1cc(C(=O)Nc2cccc(CN)c2)ccc1O. The number of phenolic OH excluding ortho intramolecular Hbond substituents is 1. The van der Waals surface area contributed by atoms with E-state index in [2.05, 4.69) is 5.32 Å². The number of anilines is 1. The summed E-state index contributed by atoms with van der Waals surface area (Å²) in [6, 6.07) is 12.2. The van der Waals surface area contributed by atoms with E-state index in [1.807, 2.05) is 24.3 Å². The summed E-state index contributed by atoms with van der Waals surface area (Å²) in [5, 5.41) is 12.2. The third-order valence-electron chi connectivity index (χ3n) is 2.88. The summed E-state index contributed by atoms with van der Waals surface area (Å²) in [7, 11) is 0. The quantitative estimate of drug-likeness (QED) is 0.789. The molecule has 0 saturated heterocycles. The van der Waals surface area contributed by atoms with Crippen LogP contribution < -0.4 is 11.1 Å². The van der Waals surface area contributed by atoms with Gasteiger partial charge < -0.3 is 16.2 Å². The minimum Gasteiger partial charge on any atom is -0.508 e. The molecule has 0 aliphatic heterocycles. The first-order valence-electron chi connectivity index (χ1n) is 6.00. The summed E-state index contributed by atoms with van der Waals surface area (Å²) < 4.78 is 0. The van der Waals surface area contributed by atoms with Crippen LogP contribution in [0.3, 0.4) is 0 Å². The topological polar surface area (TPSA) is 75.4 Å². The normalized spacial score (nSPS) is 10.2. The molecule has 2 aromatic rings. The predicted octanol–water partition coefficient (Wildman–Crippen LogP) is 2.41. The Morgan fingerprint density at radius 2 is 2.05 bits per heavy atom. The monoisotopic (exact) mass is 256 g/mol. The van der Waals surface area contributed by atoms with E-state index in [0.29, 0.717) is 23.4 Å². The molecule has 4 nitrogen and oxygen atoms in total. The fourth-order valence-electron chi connectivity index (χ4n) is 1.78. The average molecular weight is 256 g/mol. The minimum absolute atomic E-state index is 0.182. The molecule has 0 unspecified atom stereocenters. The van der Waals surface area contributed by atoms with Gasteiger partial charge in [-0.1, -0.05) is 12.1 Å². The van der Waals surface area contributed by atoms with Gasteiger partial charge in [0.25, 0.3) is 5.91 Å². The highest BCUT2D eigenvalue weighted by molar-refractivity contribution is 6.04. The first-order valence-corrected chi connectivity index (χ1v) is 6.00. The molecule has 4 heteroatoms. The molecule has 0 saturated carbocycles. The van der Waals surface area contributed by atoms with Crippen molar-refractivity contribution in [3.63, 3.8) is 0 Å². The summed E-state index contributed by atoms with van der Waals surface area (Å²) in [5.41, 5.74) is 8.40. The zero-order chi connectivity index (χ0) is 13.8. The first kappa shape index (κ1) is 13.1. The first-order chi connectivity index (χ1) is 9.10. The highest BCUT2D eigenvalue weighted by Gasteiger charge is 2.08. The third kappa shape index (κ3) is 3.11. The fraction of sp³-hybridized carbons (Fsp3) is 0.133. The smallest absolute Gasteiger partial charge is 0.255 e. The van der Waals surface area contributed by atoms with Crippen molar-refractivity contribution >= 4 is 11.6 Å².